The second-order valence-electron chi connectivity index (χ2n) is 9.60. The Bertz CT molecular complexity index is 1000. The van der Waals surface area contributed by atoms with Gasteiger partial charge in [0, 0.05) is 38.0 Å². The van der Waals surface area contributed by atoms with Crippen LogP contribution in [0, 0.1) is 5.92 Å². The van der Waals surface area contributed by atoms with Crippen molar-refractivity contribution in [3.8, 4) is 5.75 Å². The number of carboxylic acids is 2. The normalized spacial score (nSPS) is 17.3. The van der Waals surface area contributed by atoms with Crippen LogP contribution in [0.25, 0.3) is 0 Å². The molecular formula is C29H38N2O6. The summed E-state index contributed by atoms with van der Waals surface area (Å²) in [5.41, 5.74) is 2.38. The smallest absolute Gasteiger partial charge is 0.414 e. The number of ketones is 1. The van der Waals surface area contributed by atoms with Gasteiger partial charge in [-0.05, 0) is 43.5 Å². The van der Waals surface area contributed by atoms with Gasteiger partial charge in [-0.25, -0.2) is 9.59 Å². The van der Waals surface area contributed by atoms with E-state index >= 15 is 0 Å². The van der Waals surface area contributed by atoms with E-state index in [9.17, 15) is 4.79 Å². The van der Waals surface area contributed by atoms with Crippen LogP contribution in [0.3, 0.4) is 0 Å². The van der Waals surface area contributed by atoms with E-state index in [4.69, 9.17) is 24.5 Å². The van der Waals surface area contributed by atoms with E-state index in [1.807, 2.05) is 18.2 Å². The van der Waals surface area contributed by atoms with Crippen LogP contribution in [-0.4, -0.2) is 72.7 Å². The van der Waals surface area contributed by atoms with E-state index in [-0.39, 0.29) is 11.8 Å². The zero-order valence-corrected chi connectivity index (χ0v) is 21.6. The molecule has 1 aliphatic heterocycles. The van der Waals surface area contributed by atoms with Gasteiger partial charge in [-0.15, -0.1) is 0 Å². The number of carbonyl (C=O) groups excluding carboxylic acids is 1. The molecule has 0 spiro atoms. The van der Waals surface area contributed by atoms with Crippen LogP contribution in [0.1, 0.15) is 50.0 Å². The zero-order chi connectivity index (χ0) is 26.6. The Kier molecular flexibility index (Phi) is 11.0. The van der Waals surface area contributed by atoms with Gasteiger partial charge in [-0.1, -0.05) is 61.7 Å². The van der Waals surface area contributed by atoms with E-state index in [0.717, 1.165) is 57.7 Å². The topological polar surface area (TPSA) is 107 Å². The predicted octanol–water partition coefficient (Wildman–Crippen LogP) is 4.30. The molecule has 1 atom stereocenters. The number of rotatable bonds is 8. The molecule has 2 aromatic carbocycles. The van der Waals surface area contributed by atoms with Gasteiger partial charge in [-0.3, -0.25) is 9.69 Å². The molecule has 2 fully saturated rings. The van der Waals surface area contributed by atoms with Crippen molar-refractivity contribution < 1.29 is 29.3 Å². The number of methoxy groups -OCH3 is 1. The van der Waals surface area contributed by atoms with E-state index in [0.29, 0.717) is 5.78 Å². The maximum atomic E-state index is 13.4. The van der Waals surface area contributed by atoms with Crippen LogP contribution in [0.5, 0.6) is 5.75 Å². The summed E-state index contributed by atoms with van der Waals surface area (Å²) in [6.07, 6.45) is 6.80. The van der Waals surface area contributed by atoms with Crippen LogP contribution >= 0.6 is 0 Å². The molecule has 1 saturated heterocycles. The highest BCUT2D eigenvalue weighted by atomic mass is 16.5. The highest BCUT2D eigenvalue weighted by molar-refractivity contribution is 6.27. The average molecular weight is 511 g/mol. The van der Waals surface area contributed by atoms with Crippen molar-refractivity contribution in [1.82, 2.24) is 4.90 Å². The van der Waals surface area contributed by atoms with Gasteiger partial charge in [0.05, 0.1) is 12.8 Å². The number of carboxylic acid groups (broad SMARTS) is 2. The molecular weight excluding hydrogens is 472 g/mol. The van der Waals surface area contributed by atoms with E-state index < -0.39 is 11.9 Å². The minimum absolute atomic E-state index is 0.0385. The first-order valence-corrected chi connectivity index (χ1v) is 13.1. The predicted molar refractivity (Wildman–Crippen MR) is 142 cm³/mol. The number of para-hydroxylation sites is 2. The molecule has 1 heterocycles. The Morgan fingerprint density at radius 2 is 1.46 bits per heavy atom. The first kappa shape index (κ1) is 28.2. The third-order valence-corrected chi connectivity index (χ3v) is 7.27. The molecule has 37 heavy (non-hydrogen) atoms. The summed E-state index contributed by atoms with van der Waals surface area (Å²) in [4.78, 5) is 36.6. The van der Waals surface area contributed by atoms with Crippen LogP contribution in [0.2, 0.25) is 0 Å². The van der Waals surface area contributed by atoms with Crippen molar-refractivity contribution in [1.29, 1.82) is 0 Å². The van der Waals surface area contributed by atoms with Gasteiger partial charge >= 0.3 is 11.9 Å². The van der Waals surface area contributed by atoms with Crippen molar-refractivity contribution in [2.75, 3.05) is 44.7 Å². The van der Waals surface area contributed by atoms with Gasteiger partial charge in [0.15, 0.2) is 0 Å². The maximum absolute atomic E-state index is 13.4. The van der Waals surface area contributed by atoms with Gasteiger partial charge < -0.3 is 19.8 Å². The Morgan fingerprint density at radius 1 is 0.865 bits per heavy atom. The number of anilines is 1. The molecule has 0 amide bonds. The second kappa shape index (κ2) is 14.4. The lowest BCUT2D eigenvalue weighted by Crippen LogP contribution is -2.47. The Balaban J connectivity index is 0.000000568. The molecule has 2 aliphatic rings. The van der Waals surface area contributed by atoms with E-state index in [1.165, 1.54) is 30.5 Å². The fourth-order valence-corrected chi connectivity index (χ4v) is 5.25. The molecule has 0 bridgehead atoms. The first-order valence-electron chi connectivity index (χ1n) is 13.1. The number of aliphatic carboxylic acids is 2. The average Bonchev–Trinajstić information content (AvgIpc) is 2.94. The number of hydrogen-bond donors (Lipinski definition) is 2. The summed E-state index contributed by atoms with van der Waals surface area (Å²) in [5, 5.41) is 14.8. The minimum Gasteiger partial charge on any atom is -0.495 e. The minimum atomic E-state index is -1.82. The number of piperazine rings is 1. The summed E-state index contributed by atoms with van der Waals surface area (Å²) in [6.45, 7) is 5.02. The SMILES string of the molecule is COc1ccccc1N1CCN(CCC(C(=O)C2CCCCC2)c2ccccc2)CC1.O=C(O)C(=O)O. The molecule has 200 valence electrons. The molecule has 0 radical (unpaired) electrons. The monoisotopic (exact) mass is 510 g/mol. The number of benzene rings is 2. The maximum Gasteiger partial charge on any atom is 0.414 e. The van der Waals surface area contributed by atoms with Crippen LogP contribution in [0.4, 0.5) is 5.69 Å². The molecule has 1 unspecified atom stereocenters. The molecule has 4 rings (SSSR count). The summed E-state index contributed by atoms with van der Waals surface area (Å²) in [5.74, 6) is -1.92. The van der Waals surface area contributed by atoms with Crippen molar-refractivity contribution >= 4 is 23.4 Å². The number of nitrogens with zero attached hydrogens (tertiary/aromatic N) is 2. The van der Waals surface area contributed by atoms with Crippen LogP contribution in [0.15, 0.2) is 54.6 Å². The fourth-order valence-electron chi connectivity index (χ4n) is 5.25. The van der Waals surface area contributed by atoms with Crippen molar-refractivity contribution in [3.05, 3.63) is 60.2 Å². The largest absolute Gasteiger partial charge is 0.495 e. The third kappa shape index (κ3) is 8.32. The van der Waals surface area contributed by atoms with Crippen molar-refractivity contribution in [3.63, 3.8) is 0 Å². The quantitative estimate of drug-likeness (QED) is 0.507. The molecule has 0 aromatic heterocycles. The Morgan fingerprint density at radius 3 is 2.05 bits per heavy atom. The summed E-state index contributed by atoms with van der Waals surface area (Å²) < 4.78 is 5.54. The van der Waals surface area contributed by atoms with Gasteiger partial charge in [0.1, 0.15) is 11.5 Å². The lowest BCUT2D eigenvalue weighted by Gasteiger charge is -2.37. The van der Waals surface area contributed by atoms with E-state index in [2.05, 4.69) is 46.2 Å². The van der Waals surface area contributed by atoms with Gasteiger partial charge in [0.2, 0.25) is 0 Å². The zero-order valence-electron chi connectivity index (χ0n) is 21.6. The summed E-state index contributed by atoms with van der Waals surface area (Å²) in [7, 11) is 1.74. The highest BCUT2D eigenvalue weighted by Crippen LogP contribution is 2.33. The number of Topliss-reactive ketones (excluding diaryl/α,β-unsaturated/α-hetero) is 1. The van der Waals surface area contributed by atoms with Gasteiger partial charge in [0.25, 0.3) is 0 Å². The van der Waals surface area contributed by atoms with Crippen molar-refractivity contribution in [2.24, 2.45) is 5.92 Å². The first-order chi connectivity index (χ1) is 17.9. The van der Waals surface area contributed by atoms with Gasteiger partial charge in [-0.2, -0.15) is 0 Å². The third-order valence-electron chi connectivity index (χ3n) is 7.27. The fraction of sp³-hybridized carbons (Fsp3) is 0.483. The van der Waals surface area contributed by atoms with Crippen molar-refractivity contribution in [2.45, 2.75) is 44.4 Å². The molecule has 1 saturated carbocycles. The lowest BCUT2D eigenvalue weighted by atomic mass is 9.78. The molecule has 8 heteroatoms. The Hall–Kier alpha value is -3.39. The highest BCUT2D eigenvalue weighted by Gasteiger charge is 2.30. The number of hydrogen-bond acceptors (Lipinski definition) is 6. The van der Waals surface area contributed by atoms with E-state index in [1.54, 1.807) is 7.11 Å². The van der Waals surface area contributed by atoms with Crippen LogP contribution < -0.4 is 9.64 Å². The molecule has 1 aliphatic carbocycles. The summed E-state index contributed by atoms with van der Waals surface area (Å²) in [6, 6.07) is 18.7. The molecule has 2 aromatic rings. The second-order valence-corrected chi connectivity index (χ2v) is 9.60. The summed E-state index contributed by atoms with van der Waals surface area (Å²) >= 11 is 0. The molecule has 8 nitrogen and oxygen atoms in total. The van der Waals surface area contributed by atoms with Crippen LogP contribution in [-0.2, 0) is 14.4 Å². The lowest BCUT2D eigenvalue weighted by molar-refractivity contribution is -0.159. The Labute approximate surface area is 218 Å². The standard InChI is InChI=1S/C27H36N2O2.C2H2O4/c1-31-26-15-9-8-14-25(26)29-20-18-28(19-21-29)17-16-24(22-10-4-2-5-11-22)27(30)23-12-6-3-7-13-23;3-1(4)2(5)6/h2,4-5,8-11,14-15,23-24H,3,6-7,12-13,16-21H2,1H3;(H,3,4)(H,5,6). The number of ether oxygens (including phenoxy) is 1. The molecule has 2 N–H and O–H groups in total. The number of carbonyl (C=O) groups is 3.